The van der Waals surface area contributed by atoms with Crippen LogP contribution in [0.15, 0.2) is 29.0 Å². The van der Waals surface area contributed by atoms with Gasteiger partial charge in [0, 0.05) is 19.0 Å². The first-order valence-corrected chi connectivity index (χ1v) is 9.80. The van der Waals surface area contributed by atoms with Gasteiger partial charge in [0.05, 0.1) is 17.9 Å². The quantitative estimate of drug-likeness (QED) is 0.660. The Bertz CT molecular complexity index is 1080. The highest BCUT2D eigenvalue weighted by Crippen LogP contribution is 2.38. The van der Waals surface area contributed by atoms with Gasteiger partial charge in [0.2, 0.25) is 11.7 Å². The standard InChI is InChI=1S/C20H21FN6O2/c1-12(2)19-23-18(24-29-19)16-15-10-26(20(28)25-8-3-4-9-25)17-13(21)6-5-7-14(17)27(15)11-22-16/h5-7,11-12H,3-4,8-10H2,1-2H3. The number of hydrogen-bond donors (Lipinski definition) is 0. The molecule has 0 bridgehead atoms. The Labute approximate surface area is 166 Å². The third kappa shape index (κ3) is 2.80. The fraction of sp³-hybridized carbons (Fsp3) is 0.400. The van der Waals surface area contributed by atoms with E-state index >= 15 is 0 Å². The number of hydrogen-bond acceptors (Lipinski definition) is 5. The Hall–Kier alpha value is -3.23. The number of amides is 2. The first kappa shape index (κ1) is 17.8. The van der Waals surface area contributed by atoms with Crippen molar-refractivity contribution in [1.82, 2.24) is 24.6 Å². The van der Waals surface area contributed by atoms with Crippen molar-refractivity contribution in [3.05, 3.63) is 41.9 Å². The summed E-state index contributed by atoms with van der Waals surface area (Å²) >= 11 is 0. The van der Waals surface area contributed by atoms with Gasteiger partial charge in [-0.3, -0.25) is 9.47 Å². The Morgan fingerprint density at radius 2 is 2.03 bits per heavy atom. The van der Waals surface area contributed by atoms with Crippen LogP contribution in [0.5, 0.6) is 0 Å². The molecule has 8 nitrogen and oxygen atoms in total. The van der Waals surface area contributed by atoms with Gasteiger partial charge in [0.25, 0.3) is 0 Å². The monoisotopic (exact) mass is 396 g/mol. The number of anilines is 1. The molecule has 2 aliphatic heterocycles. The normalized spacial score (nSPS) is 15.7. The molecule has 0 unspecified atom stereocenters. The van der Waals surface area contributed by atoms with E-state index in [1.165, 1.54) is 11.0 Å². The van der Waals surface area contributed by atoms with E-state index < -0.39 is 5.82 Å². The van der Waals surface area contributed by atoms with Crippen molar-refractivity contribution in [3.8, 4) is 17.2 Å². The van der Waals surface area contributed by atoms with Crippen molar-refractivity contribution in [2.45, 2.75) is 39.2 Å². The minimum Gasteiger partial charge on any atom is -0.339 e. The van der Waals surface area contributed by atoms with Gasteiger partial charge in [-0.2, -0.15) is 4.98 Å². The fourth-order valence-electron chi connectivity index (χ4n) is 3.92. The summed E-state index contributed by atoms with van der Waals surface area (Å²) in [5.74, 6) is 0.556. The van der Waals surface area contributed by atoms with Gasteiger partial charge in [-0.15, -0.1) is 0 Å². The smallest absolute Gasteiger partial charge is 0.325 e. The number of benzene rings is 1. The van der Waals surface area contributed by atoms with Crippen LogP contribution in [0.4, 0.5) is 14.9 Å². The summed E-state index contributed by atoms with van der Waals surface area (Å²) in [5.41, 5.74) is 2.11. The first-order chi connectivity index (χ1) is 14.0. The molecule has 2 amide bonds. The Kier molecular flexibility index (Phi) is 4.11. The Morgan fingerprint density at radius 3 is 2.76 bits per heavy atom. The summed E-state index contributed by atoms with van der Waals surface area (Å²) in [6, 6.07) is 4.60. The van der Waals surface area contributed by atoms with Gasteiger partial charge in [0.15, 0.2) is 0 Å². The minimum atomic E-state index is -0.433. The number of halogens is 1. The number of para-hydroxylation sites is 1. The van der Waals surface area contributed by atoms with Crippen LogP contribution < -0.4 is 4.90 Å². The Balaban J connectivity index is 1.62. The van der Waals surface area contributed by atoms with Crippen LogP contribution in [-0.4, -0.2) is 43.7 Å². The van der Waals surface area contributed by atoms with Gasteiger partial charge in [-0.1, -0.05) is 25.1 Å². The maximum Gasteiger partial charge on any atom is 0.325 e. The Morgan fingerprint density at radius 1 is 1.24 bits per heavy atom. The fourth-order valence-corrected chi connectivity index (χ4v) is 3.92. The van der Waals surface area contributed by atoms with Crippen molar-refractivity contribution < 1.29 is 13.7 Å². The highest BCUT2D eigenvalue weighted by atomic mass is 19.1. The van der Waals surface area contributed by atoms with Crippen LogP contribution in [0.3, 0.4) is 0 Å². The molecule has 0 aliphatic carbocycles. The van der Waals surface area contributed by atoms with E-state index in [4.69, 9.17) is 4.52 Å². The van der Waals surface area contributed by atoms with Crippen LogP contribution >= 0.6 is 0 Å². The number of urea groups is 1. The number of fused-ring (bicyclic) bond motifs is 3. The summed E-state index contributed by atoms with van der Waals surface area (Å²) in [5, 5.41) is 4.06. The number of carbonyl (C=O) groups excluding carboxylic acids is 1. The largest absolute Gasteiger partial charge is 0.339 e. The minimum absolute atomic E-state index is 0.0951. The first-order valence-electron chi connectivity index (χ1n) is 9.80. The highest BCUT2D eigenvalue weighted by Gasteiger charge is 2.35. The van der Waals surface area contributed by atoms with E-state index in [1.54, 1.807) is 27.9 Å². The number of aromatic nitrogens is 4. The summed E-state index contributed by atoms with van der Waals surface area (Å²) < 4.78 is 21.9. The lowest BCUT2D eigenvalue weighted by molar-refractivity contribution is 0.214. The second kappa shape index (κ2) is 6.68. The average Bonchev–Trinajstić information content (AvgIpc) is 3.46. The van der Waals surface area contributed by atoms with Gasteiger partial charge in [-0.05, 0) is 25.0 Å². The predicted molar refractivity (Wildman–Crippen MR) is 103 cm³/mol. The molecule has 0 atom stereocenters. The number of imidazole rings is 1. The van der Waals surface area contributed by atoms with E-state index in [9.17, 15) is 9.18 Å². The van der Waals surface area contributed by atoms with Crippen LogP contribution in [0.2, 0.25) is 0 Å². The summed E-state index contributed by atoms with van der Waals surface area (Å²) in [6.07, 6.45) is 3.55. The molecule has 0 radical (unpaired) electrons. The van der Waals surface area contributed by atoms with E-state index in [0.29, 0.717) is 36.2 Å². The molecule has 4 heterocycles. The van der Waals surface area contributed by atoms with Gasteiger partial charge in [0.1, 0.15) is 23.5 Å². The molecule has 0 spiro atoms. The maximum absolute atomic E-state index is 14.8. The molecule has 1 fully saturated rings. The highest BCUT2D eigenvalue weighted by molar-refractivity contribution is 5.95. The van der Waals surface area contributed by atoms with Gasteiger partial charge >= 0.3 is 6.03 Å². The molecule has 0 N–H and O–H groups in total. The predicted octanol–water partition coefficient (Wildman–Crippen LogP) is 3.72. The molecule has 9 heteroatoms. The third-order valence-corrected chi connectivity index (χ3v) is 5.42. The molecular formula is C20H21FN6O2. The lowest BCUT2D eigenvalue weighted by Gasteiger charge is -2.33. The van der Waals surface area contributed by atoms with Crippen molar-refractivity contribution in [1.29, 1.82) is 0 Å². The maximum atomic E-state index is 14.8. The number of carbonyl (C=O) groups is 1. The molecule has 1 aromatic carbocycles. The summed E-state index contributed by atoms with van der Waals surface area (Å²) in [4.78, 5) is 25.4. The van der Waals surface area contributed by atoms with Crippen molar-refractivity contribution in [2.24, 2.45) is 0 Å². The zero-order valence-corrected chi connectivity index (χ0v) is 16.3. The van der Waals surface area contributed by atoms with Crippen molar-refractivity contribution >= 4 is 11.7 Å². The molecule has 5 rings (SSSR count). The molecule has 1 saturated heterocycles. The van der Waals surface area contributed by atoms with Crippen LogP contribution in [0.1, 0.15) is 44.2 Å². The number of likely N-dealkylation sites (tertiary alicyclic amines) is 1. The molecule has 150 valence electrons. The third-order valence-electron chi connectivity index (χ3n) is 5.42. The van der Waals surface area contributed by atoms with E-state index in [1.807, 2.05) is 13.8 Å². The van der Waals surface area contributed by atoms with Crippen LogP contribution in [-0.2, 0) is 6.54 Å². The van der Waals surface area contributed by atoms with Crippen LogP contribution in [0.25, 0.3) is 17.2 Å². The van der Waals surface area contributed by atoms with Crippen LogP contribution in [0, 0.1) is 5.82 Å². The molecule has 3 aromatic rings. The average molecular weight is 396 g/mol. The van der Waals surface area contributed by atoms with E-state index in [2.05, 4.69) is 15.1 Å². The molecule has 2 aliphatic rings. The zero-order valence-electron chi connectivity index (χ0n) is 16.3. The number of nitrogens with zero attached hydrogens (tertiary/aromatic N) is 6. The van der Waals surface area contributed by atoms with Gasteiger partial charge in [-0.25, -0.2) is 14.2 Å². The van der Waals surface area contributed by atoms with E-state index in [-0.39, 0.29) is 24.2 Å². The SMILES string of the molecule is CC(C)c1nc(-c2ncn3c2CN(C(=O)N2CCCC2)c2c(F)cccc2-3)no1. The molecule has 29 heavy (non-hydrogen) atoms. The summed E-state index contributed by atoms with van der Waals surface area (Å²) in [7, 11) is 0. The molecule has 2 aromatic heterocycles. The van der Waals surface area contributed by atoms with Crippen molar-refractivity contribution in [3.63, 3.8) is 0 Å². The summed E-state index contributed by atoms with van der Waals surface area (Å²) in [6.45, 7) is 5.50. The van der Waals surface area contributed by atoms with E-state index in [0.717, 1.165) is 18.5 Å². The second-order valence-electron chi connectivity index (χ2n) is 7.69. The lowest BCUT2D eigenvalue weighted by Crippen LogP contribution is -2.44. The number of rotatable bonds is 2. The molecular weight excluding hydrogens is 375 g/mol. The lowest BCUT2D eigenvalue weighted by atomic mass is 10.1. The molecule has 0 saturated carbocycles. The van der Waals surface area contributed by atoms with Crippen molar-refractivity contribution in [2.75, 3.05) is 18.0 Å². The topological polar surface area (TPSA) is 80.3 Å². The van der Waals surface area contributed by atoms with Gasteiger partial charge < -0.3 is 9.42 Å². The second-order valence-corrected chi connectivity index (χ2v) is 7.69. The zero-order chi connectivity index (χ0) is 20.1.